The second-order valence-electron chi connectivity index (χ2n) is 3.76. The Balaban J connectivity index is 2.42. The molecule has 0 spiro atoms. The van der Waals surface area contributed by atoms with Crippen molar-refractivity contribution in [1.29, 1.82) is 0 Å². The summed E-state index contributed by atoms with van der Waals surface area (Å²) in [5, 5.41) is 3.97. The van der Waals surface area contributed by atoms with Gasteiger partial charge in [-0.3, -0.25) is 0 Å². The number of aromatic nitrogens is 2. The molecule has 0 N–H and O–H groups in total. The SMILES string of the molecule is CC(C)c1cc(-c2cnc(Cl)cc2F)on1. The smallest absolute Gasteiger partial charge is 0.171 e. The monoisotopic (exact) mass is 240 g/mol. The molecule has 0 unspecified atom stereocenters. The van der Waals surface area contributed by atoms with E-state index in [0.717, 1.165) is 11.8 Å². The molecule has 0 aliphatic heterocycles. The average molecular weight is 241 g/mol. The van der Waals surface area contributed by atoms with Gasteiger partial charge in [0.25, 0.3) is 0 Å². The first-order valence-corrected chi connectivity index (χ1v) is 5.23. The molecule has 0 bridgehead atoms. The van der Waals surface area contributed by atoms with Crippen LogP contribution in [0.2, 0.25) is 5.15 Å². The quantitative estimate of drug-likeness (QED) is 0.752. The zero-order valence-corrected chi connectivity index (χ0v) is 9.62. The van der Waals surface area contributed by atoms with Crippen LogP contribution in [-0.4, -0.2) is 10.1 Å². The van der Waals surface area contributed by atoms with Gasteiger partial charge in [0.05, 0.1) is 11.3 Å². The Morgan fingerprint density at radius 2 is 2.12 bits per heavy atom. The summed E-state index contributed by atoms with van der Waals surface area (Å²) in [5.74, 6) is 0.137. The second-order valence-corrected chi connectivity index (χ2v) is 4.14. The van der Waals surface area contributed by atoms with Crippen molar-refractivity contribution < 1.29 is 8.91 Å². The number of rotatable bonds is 2. The van der Waals surface area contributed by atoms with Crippen molar-refractivity contribution >= 4 is 11.6 Å². The minimum atomic E-state index is -0.466. The molecule has 0 aromatic carbocycles. The van der Waals surface area contributed by atoms with E-state index in [2.05, 4.69) is 10.1 Å². The average Bonchev–Trinajstić information content (AvgIpc) is 2.66. The summed E-state index contributed by atoms with van der Waals surface area (Å²) in [5.41, 5.74) is 1.05. The van der Waals surface area contributed by atoms with Gasteiger partial charge in [0.2, 0.25) is 0 Å². The Morgan fingerprint density at radius 1 is 1.38 bits per heavy atom. The number of halogens is 2. The molecule has 2 aromatic heterocycles. The van der Waals surface area contributed by atoms with Gasteiger partial charge in [-0.15, -0.1) is 0 Å². The maximum Gasteiger partial charge on any atom is 0.171 e. The summed E-state index contributed by atoms with van der Waals surface area (Å²) in [4.78, 5) is 3.81. The molecule has 0 fully saturated rings. The maximum absolute atomic E-state index is 13.5. The van der Waals surface area contributed by atoms with Crippen molar-refractivity contribution in [3.8, 4) is 11.3 Å². The summed E-state index contributed by atoms with van der Waals surface area (Å²) >= 11 is 5.56. The molecule has 2 rings (SSSR count). The number of hydrogen-bond acceptors (Lipinski definition) is 3. The van der Waals surface area contributed by atoms with E-state index in [1.54, 1.807) is 6.07 Å². The predicted octanol–water partition coefficient (Wildman–Crippen LogP) is 3.65. The van der Waals surface area contributed by atoms with Crippen LogP contribution in [-0.2, 0) is 0 Å². The highest BCUT2D eigenvalue weighted by Gasteiger charge is 2.13. The van der Waals surface area contributed by atoms with Crippen molar-refractivity contribution in [2.75, 3.05) is 0 Å². The van der Waals surface area contributed by atoms with E-state index in [1.165, 1.54) is 6.20 Å². The van der Waals surface area contributed by atoms with Gasteiger partial charge in [0.1, 0.15) is 11.0 Å². The van der Waals surface area contributed by atoms with Crippen LogP contribution in [0.1, 0.15) is 25.5 Å². The highest BCUT2D eigenvalue weighted by molar-refractivity contribution is 6.29. The Morgan fingerprint density at radius 3 is 2.69 bits per heavy atom. The molecule has 0 saturated heterocycles. The second kappa shape index (κ2) is 4.22. The fourth-order valence-corrected chi connectivity index (χ4v) is 1.42. The van der Waals surface area contributed by atoms with Crippen LogP contribution in [0.5, 0.6) is 0 Å². The summed E-state index contributed by atoms with van der Waals surface area (Å²) < 4.78 is 18.6. The minimum Gasteiger partial charge on any atom is -0.356 e. The van der Waals surface area contributed by atoms with Crippen molar-refractivity contribution in [3.63, 3.8) is 0 Å². The lowest BCUT2D eigenvalue weighted by Crippen LogP contribution is -1.86. The van der Waals surface area contributed by atoms with Crippen LogP contribution in [0, 0.1) is 5.82 Å². The fraction of sp³-hybridized carbons (Fsp3) is 0.273. The van der Waals surface area contributed by atoms with E-state index in [4.69, 9.17) is 16.1 Å². The Hall–Kier alpha value is -1.42. The van der Waals surface area contributed by atoms with Gasteiger partial charge in [0.15, 0.2) is 5.76 Å². The minimum absolute atomic E-state index is 0.116. The van der Waals surface area contributed by atoms with E-state index >= 15 is 0 Å². The Labute approximate surface area is 97.2 Å². The predicted molar refractivity (Wildman–Crippen MR) is 58.8 cm³/mol. The molecular formula is C11H10ClFN2O. The molecule has 0 aliphatic carbocycles. The summed E-state index contributed by atoms with van der Waals surface area (Å²) in [6, 6.07) is 2.85. The molecule has 84 valence electrons. The van der Waals surface area contributed by atoms with Crippen molar-refractivity contribution in [2.24, 2.45) is 0 Å². The van der Waals surface area contributed by atoms with E-state index < -0.39 is 5.82 Å². The van der Waals surface area contributed by atoms with Crippen LogP contribution in [0.25, 0.3) is 11.3 Å². The van der Waals surface area contributed by atoms with Gasteiger partial charge in [-0.05, 0) is 5.92 Å². The normalized spacial score (nSPS) is 11.1. The Kier molecular flexibility index (Phi) is 2.92. The molecule has 0 saturated carbocycles. The van der Waals surface area contributed by atoms with Crippen molar-refractivity contribution in [1.82, 2.24) is 10.1 Å². The molecule has 2 aromatic rings. The molecule has 16 heavy (non-hydrogen) atoms. The molecule has 0 radical (unpaired) electrons. The highest BCUT2D eigenvalue weighted by atomic mass is 35.5. The highest BCUT2D eigenvalue weighted by Crippen LogP contribution is 2.26. The third kappa shape index (κ3) is 2.07. The molecule has 0 amide bonds. The van der Waals surface area contributed by atoms with Gasteiger partial charge >= 0.3 is 0 Å². The standard InChI is InChI=1S/C11H10ClFN2O/c1-6(2)9-4-10(16-15-9)7-5-14-11(12)3-8(7)13/h3-6H,1-2H3. The van der Waals surface area contributed by atoms with E-state index in [9.17, 15) is 4.39 Å². The van der Waals surface area contributed by atoms with Crippen LogP contribution < -0.4 is 0 Å². The molecule has 0 atom stereocenters. The van der Waals surface area contributed by atoms with E-state index in [1.807, 2.05) is 13.8 Å². The maximum atomic E-state index is 13.5. The molecule has 0 aliphatic rings. The van der Waals surface area contributed by atoms with E-state index in [-0.39, 0.29) is 16.6 Å². The number of nitrogens with zero attached hydrogens (tertiary/aromatic N) is 2. The van der Waals surface area contributed by atoms with Crippen LogP contribution >= 0.6 is 11.6 Å². The lowest BCUT2D eigenvalue weighted by molar-refractivity contribution is 0.417. The van der Waals surface area contributed by atoms with Crippen LogP contribution in [0.15, 0.2) is 22.9 Å². The first-order chi connectivity index (χ1) is 7.58. The van der Waals surface area contributed by atoms with Gasteiger partial charge in [0, 0.05) is 18.3 Å². The summed E-state index contributed by atoms with van der Waals surface area (Å²) in [6.07, 6.45) is 1.34. The zero-order valence-electron chi connectivity index (χ0n) is 8.87. The van der Waals surface area contributed by atoms with Gasteiger partial charge in [-0.2, -0.15) is 0 Å². The number of pyridine rings is 1. The lowest BCUT2D eigenvalue weighted by atomic mass is 10.1. The van der Waals surface area contributed by atoms with Gasteiger partial charge < -0.3 is 4.52 Å². The Bertz CT molecular complexity index is 510. The van der Waals surface area contributed by atoms with Crippen LogP contribution in [0.3, 0.4) is 0 Å². The summed E-state index contributed by atoms with van der Waals surface area (Å²) in [6.45, 7) is 3.97. The third-order valence-electron chi connectivity index (χ3n) is 2.21. The third-order valence-corrected chi connectivity index (χ3v) is 2.41. The first-order valence-electron chi connectivity index (χ1n) is 4.86. The fourth-order valence-electron chi connectivity index (χ4n) is 1.28. The lowest BCUT2D eigenvalue weighted by Gasteiger charge is -1.97. The van der Waals surface area contributed by atoms with Gasteiger partial charge in [-0.25, -0.2) is 9.37 Å². The molecule has 5 heteroatoms. The van der Waals surface area contributed by atoms with Crippen molar-refractivity contribution in [3.05, 3.63) is 35.0 Å². The first kappa shape index (κ1) is 11.1. The zero-order chi connectivity index (χ0) is 11.7. The topological polar surface area (TPSA) is 38.9 Å². The van der Waals surface area contributed by atoms with Crippen molar-refractivity contribution in [2.45, 2.75) is 19.8 Å². The molecule has 2 heterocycles. The molecule has 3 nitrogen and oxygen atoms in total. The largest absolute Gasteiger partial charge is 0.356 e. The van der Waals surface area contributed by atoms with Gasteiger partial charge in [-0.1, -0.05) is 30.6 Å². The number of hydrogen-bond donors (Lipinski definition) is 0. The molecular weight excluding hydrogens is 231 g/mol. The summed E-state index contributed by atoms with van der Waals surface area (Å²) in [7, 11) is 0. The van der Waals surface area contributed by atoms with Crippen LogP contribution in [0.4, 0.5) is 4.39 Å². The van der Waals surface area contributed by atoms with E-state index in [0.29, 0.717) is 5.76 Å².